The van der Waals surface area contributed by atoms with E-state index in [0.717, 1.165) is 56.7 Å². The Hall–Kier alpha value is -3.71. The topological polar surface area (TPSA) is 77.8 Å². The summed E-state index contributed by atoms with van der Waals surface area (Å²) < 4.78 is 7.25. The van der Waals surface area contributed by atoms with E-state index in [4.69, 9.17) is 16.3 Å². The SMILES string of the molecule is COc1ccc(Cn2cnc3c(NCCc4cc5cccc(CCl)c5cn4)ncnc32)cc1. The highest BCUT2D eigenvalue weighted by molar-refractivity contribution is 6.18. The molecule has 0 spiro atoms. The highest BCUT2D eigenvalue weighted by Gasteiger charge is 2.11. The summed E-state index contributed by atoms with van der Waals surface area (Å²) in [5, 5.41) is 5.65. The highest BCUT2D eigenvalue weighted by atomic mass is 35.5. The zero-order chi connectivity index (χ0) is 22.6. The molecular weight excluding hydrogens is 436 g/mol. The first-order valence-corrected chi connectivity index (χ1v) is 11.2. The molecule has 0 aliphatic carbocycles. The van der Waals surface area contributed by atoms with Gasteiger partial charge in [-0.1, -0.05) is 30.3 Å². The first-order valence-electron chi connectivity index (χ1n) is 10.7. The summed E-state index contributed by atoms with van der Waals surface area (Å²) in [6.45, 7) is 1.35. The lowest BCUT2D eigenvalue weighted by Crippen LogP contribution is -2.08. The van der Waals surface area contributed by atoms with E-state index in [-0.39, 0.29) is 0 Å². The normalized spacial score (nSPS) is 11.2. The molecule has 0 fully saturated rings. The van der Waals surface area contributed by atoms with E-state index in [2.05, 4.69) is 37.4 Å². The fraction of sp³-hybridized carbons (Fsp3) is 0.200. The van der Waals surface area contributed by atoms with Crippen molar-refractivity contribution in [2.75, 3.05) is 19.0 Å². The average molecular weight is 459 g/mol. The van der Waals surface area contributed by atoms with Gasteiger partial charge in [-0.3, -0.25) is 4.98 Å². The van der Waals surface area contributed by atoms with Crippen LogP contribution >= 0.6 is 11.6 Å². The van der Waals surface area contributed by atoms with E-state index < -0.39 is 0 Å². The number of rotatable bonds is 8. The molecule has 0 aliphatic heterocycles. The largest absolute Gasteiger partial charge is 0.497 e. The smallest absolute Gasteiger partial charge is 0.165 e. The Bertz CT molecular complexity index is 1400. The molecule has 5 aromatic rings. The highest BCUT2D eigenvalue weighted by Crippen LogP contribution is 2.22. The van der Waals surface area contributed by atoms with Crippen LogP contribution in [0.15, 0.2) is 67.4 Å². The number of ether oxygens (including phenoxy) is 1. The van der Waals surface area contributed by atoms with Crippen molar-refractivity contribution in [1.29, 1.82) is 0 Å². The molecule has 5 rings (SSSR count). The van der Waals surface area contributed by atoms with Gasteiger partial charge in [0.15, 0.2) is 11.5 Å². The van der Waals surface area contributed by atoms with Crippen LogP contribution in [0.5, 0.6) is 5.75 Å². The molecule has 0 saturated heterocycles. The third-order valence-corrected chi connectivity index (χ3v) is 5.93. The summed E-state index contributed by atoms with van der Waals surface area (Å²) in [7, 11) is 1.66. The minimum atomic E-state index is 0.481. The molecule has 0 aliphatic rings. The fourth-order valence-electron chi connectivity index (χ4n) is 3.90. The Morgan fingerprint density at radius 3 is 2.73 bits per heavy atom. The lowest BCUT2D eigenvalue weighted by atomic mass is 10.1. The first-order chi connectivity index (χ1) is 16.2. The van der Waals surface area contributed by atoms with Crippen LogP contribution in [0.25, 0.3) is 21.9 Å². The Morgan fingerprint density at radius 2 is 1.91 bits per heavy atom. The van der Waals surface area contributed by atoms with Crippen LogP contribution in [-0.2, 0) is 18.8 Å². The first kappa shape index (κ1) is 21.2. The van der Waals surface area contributed by atoms with Gasteiger partial charge >= 0.3 is 0 Å². The van der Waals surface area contributed by atoms with Crippen LogP contribution < -0.4 is 10.1 Å². The summed E-state index contributed by atoms with van der Waals surface area (Å²) in [5.41, 5.74) is 4.80. The number of hydrogen-bond acceptors (Lipinski definition) is 6. The van der Waals surface area contributed by atoms with E-state index in [1.54, 1.807) is 19.8 Å². The van der Waals surface area contributed by atoms with Crippen molar-refractivity contribution >= 4 is 39.4 Å². The maximum atomic E-state index is 6.04. The number of alkyl halides is 1. The van der Waals surface area contributed by atoms with E-state index in [1.165, 1.54) is 0 Å². The van der Waals surface area contributed by atoms with Gasteiger partial charge in [-0.25, -0.2) is 15.0 Å². The number of fused-ring (bicyclic) bond motifs is 2. The second kappa shape index (κ2) is 9.42. The third kappa shape index (κ3) is 4.45. The maximum absolute atomic E-state index is 6.04. The number of nitrogens with one attached hydrogen (secondary N) is 1. The summed E-state index contributed by atoms with van der Waals surface area (Å²) in [6.07, 6.45) is 6.04. The molecule has 2 aromatic carbocycles. The molecule has 3 heterocycles. The van der Waals surface area contributed by atoms with Crippen molar-refractivity contribution in [2.24, 2.45) is 0 Å². The van der Waals surface area contributed by atoms with Gasteiger partial charge < -0.3 is 14.6 Å². The van der Waals surface area contributed by atoms with Crippen molar-refractivity contribution in [3.8, 4) is 5.75 Å². The molecule has 166 valence electrons. The standard InChI is InChI=1S/C25H23ClN6O/c1-33-21-7-5-17(6-8-21)14-32-16-31-23-24(29-15-30-25(23)32)27-10-9-20-11-18-3-2-4-19(12-26)22(18)13-28-20/h2-8,11,13,15-16H,9-10,12,14H2,1H3,(H,27,29,30). The molecule has 1 N–H and O–H groups in total. The Balaban J connectivity index is 1.29. The predicted molar refractivity (Wildman–Crippen MR) is 131 cm³/mol. The summed E-state index contributed by atoms with van der Waals surface area (Å²) in [4.78, 5) is 18.0. The molecule has 3 aromatic heterocycles. The lowest BCUT2D eigenvalue weighted by Gasteiger charge is -2.08. The molecule has 7 nitrogen and oxygen atoms in total. The van der Waals surface area contributed by atoms with Crippen molar-refractivity contribution in [2.45, 2.75) is 18.8 Å². The molecule has 0 saturated carbocycles. The number of benzene rings is 2. The van der Waals surface area contributed by atoms with E-state index in [1.807, 2.05) is 47.2 Å². The van der Waals surface area contributed by atoms with Gasteiger partial charge in [0, 0.05) is 36.1 Å². The summed E-state index contributed by atoms with van der Waals surface area (Å²) in [5.74, 6) is 2.04. The van der Waals surface area contributed by atoms with E-state index in [9.17, 15) is 0 Å². The molecule has 0 atom stereocenters. The zero-order valence-electron chi connectivity index (χ0n) is 18.2. The van der Waals surface area contributed by atoms with Crippen molar-refractivity contribution in [3.05, 3.63) is 84.2 Å². The van der Waals surface area contributed by atoms with Gasteiger partial charge in [0.05, 0.1) is 20.0 Å². The minimum absolute atomic E-state index is 0.481. The van der Waals surface area contributed by atoms with Gasteiger partial charge in [0.1, 0.15) is 17.6 Å². The van der Waals surface area contributed by atoms with Gasteiger partial charge in [-0.05, 0) is 34.7 Å². The number of hydrogen-bond donors (Lipinski definition) is 1. The van der Waals surface area contributed by atoms with Crippen LogP contribution in [0, 0.1) is 0 Å². The fourth-order valence-corrected chi connectivity index (χ4v) is 4.13. The maximum Gasteiger partial charge on any atom is 0.165 e. The van der Waals surface area contributed by atoms with E-state index in [0.29, 0.717) is 19.0 Å². The van der Waals surface area contributed by atoms with Crippen molar-refractivity contribution in [1.82, 2.24) is 24.5 Å². The van der Waals surface area contributed by atoms with Gasteiger partial charge in [-0.2, -0.15) is 0 Å². The Morgan fingerprint density at radius 1 is 1.03 bits per heavy atom. The molecule has 0 unspecified atom stereocenters. The number of nitrogens with zero attached hydrogens (tertiary/aromatic N) is 5. The van der Waals surface area contributed by atoms with Gasteiger partial charge in [-0.15, -0.1) is 11.6 Å². The number of halogens is 1. The molecule has 33 heavy (non-hydrogen) atoms. The summed E-state index contributed by atoms with van der Waals surface area (Å²) in [6, 6.07) is 16.3. The Kier molecular flexibility index (Phi) is 6.04. The monoisotopic (exact) mass is 458 g/mol. The molecule has 8 heteroatoms. The summed E-state index contributed by atoms with van der Waals surface area (Å²) >= 11 is 6.04. The van der Waals surface area contributed by atoms with Gasteiger partial charge in [0.25, 0.3) is 0 Å². The number of imidazole rings is 1. The molecule has 0 radical (unpaired) electrons. The Labute approximate surface area is 196 Å². The number of pyridine rings is 1. The van der Waals surface area contributed by atoms with Crippen molar-refractivity contribution in [3.63, 3.8) is 0 Å². The second-order valence-electron chi connectivity index (χ2n) is 7.74. The minimum Gasteiger partial charge on any atom is -0.497 e. The second-order valence-corrected chi connectivity index (χ2v) is 8.01. The average Bonchev–Trinajstić information content (AvgIpc) is 3.27. The van der Waals surface area contributed by atoms with Crippen molar-refractivity contribution < 1.29 is 4.74 Å². The van der Waals surface area contributed by atoms with Crippen LogP contribution in [0.1, 0.15) is 16.8 Å². The predicted octanol–water partition coefficient (Wildman–Crippen LogP) is 4.82. The quantitative estimate of drug-likeness (QED) is 0.336. The zero-order valence-corrected chi connectivity index (χ0v) is 19.0. The number of aromatic nitrogens is 5. The number of anilines is 1. The van der Waals surface area contributed by atoms with Crippen LogP contribution in [-0.4, -0.2) is 38.2 Å². The molecule has 0 amide bonds. The van der Waals surface area contributed by atoms with Crippen LogP contribution in [0.2, 0.25) is 0 Å². The number of methoxy groups -OCH3 is 1. The van der Waals surface area contributed by atoms with Gasteiger partial charge in [0.2, 0.25) is 0 Å². The third-order valence-electron chi connectivity index (χ3n) is 5.64. The van der Waals surface area contributed by atoms with E-state index >= 15 is 0 Å². The lowest BCUT2D eigenvalue weighted by molar-refractivity contribution is 0.414. The van der Waals surface area contributed by atoms with Crippen LogP contribution in [0.4, 0.5) is 5.82 Å². The molecular formula is C25H23ClN6O. The molecule has 0 bridgehead atoms. The van der Waals surface area contributed by atoms with Crippen LogP contribution in [0.3, 0.4) is 0 Å².